The summed E-state index contributed by atoms with van der Waals surface area (Å²) in [6.07, 6.45) is 1.35. The molecule has 0 atom stereocenters. The lowest BCUT2D eigenvalue weighted by atomic mass is 10.3. The molecule has 5 heteroatoms. The van der Waals surface area contributed by atoms with E-state index in [9.17, 15) is 10.1 Å². The van der Waals surface area contributed by atoms with Crippen molar-refractivity contribution in [3.63, 3.8) is 0 Å². The Morgan fingerprint density at radius 1 is 1.27 bits per heavy atom. The fraction of sp³-hybridized carbons (Fsp3) is 0. The van der Waals surface area contributed by atoms with E-state index in [1.165, 1.54) is 12.3 Å². The number of rotatable bonds is 3. The highest BCUT2D eigenvalue weighted by Crippen LogP contribution is 2.19. The number of benzene rings is 1. The third kappa shape index (κ3) is 2.14. The fourth-order valence-corrected chi connectivity index (χ4v) is 1.24. The summed E-state index contributed by atoms with van der Waals surface area (Å²) in [5, 5.41) is 13.4. The summed E-state index contributed by atoms with van der Waals surface area (Å²) < 4.78 is 0. The van der Waals surface area contributed by atoms with E-state index in [-0.39, 0.29) is 5.69 Å². The molecule has 0 aliphatic rings. The van der Waals surface area contributed by atoms with Crippen molar-refractivity contribution >= 4 is 17.2 Å². The number of anilines is 2. The summed E-state index contributed by atoms with van der Waals surface area (Å²) in [6, 6.07) is 10.9. The molecule has 0 saturated carbocycles. The van der Waals surface area contributed by atoms with E-state index in [2.05, 4.69) is 10.3 Å². The van der Waals surface area contributed by atoms with Gasteiger partial charge in [-0.1, -0.05) is 18.2 Å². The summed E-state index contributed by atoms with van der Waals surface area (Å²) in [6.45, 7) is 0. The molecule has 1 aromatic heterocycles. The first-order valence-electron chi connectivity index (χ1n) is 4.40. The van der Waals surface area contributed by atoms with Crippen molar-refractivity contribution in [3.8, 4) is 0 Å². The van der Waals surface area contributed by atoms with Crippen molar-refractivity contribution in [2.24, 2.45) is 0 Å². The van der Waals surface area contributed by atoms with Gasteiger partial charge in [0.05, 0.1) is 17.2 Å². The molecule has 2 aromatic rings. The summed E-state index contributed by atoms with van der Waals surface area (Å²) >= 11 is 0. The van der Waals surface area contributed by atoms with Gasteiger partial charge in [0, 0.05) is 5.69 Å². The summed E-state index contributed by atoms with van der Waals surface area (Å²) in [5.41, 5.74) is 0.933. The molecule has 0 saturated heterocycles. The Bertz CT molecular complexity index is 465. The van der Waals surface area contributed by atoms with Gasteiger partial charge in [-0.25, -0.2) is 0 Å². The minimum Gasteiger partial charge on any atom is -0.342 e. The molecule has 0 unspecified atom stereocenters. The summed E-state index contributed by atoms with van der Waals surface area (Å²) in [7, 11) is 0. The zero-order valence-corrected chi connectivity index (χ0v) is 7.81. The predicted octanol–water partition coefficient (Wildman–Crippen LogP) is 2.67. The van der Waals surface area contributed by atoms with Crippen molar-refractivity contribution < 1.29 is 4.92 Å². The van der Waals surface area contributed by atoms with Crippen LogP contribution in [0.3, 0.4) is 0 Å². The molecule has 5 nitrogen and oxygen atoms in total. The average Bonchev–Trinajstić information content (AvgIpc) is 2.68. The zero-order valence-electron chi connectivity index (χ0n) is 7.81. The first-order chi connectivity index (χ1) is 7.25. The predicted molar refractivity (Wildman–Crippen MR) is 57.2 cm³/mol. The first-order valence-corrected chi connectivity index (χ1v) is 4.40. The van der Waals surface area contributed by atoms with Crippen LogP contribution in [0.25, 0.3) is 0 Å². The lowest BCUT2D eigenvalue weighted by Crippen LogP contribution is -1.88. The van der Waals surface area contributed by atoms with E-state index in [4.69, 9.17) is 0 Å². The van der Waals surface area contributed by atoms with Gasteiger partial charge in [-0.15, -0.1) is 0 Å². The van der Waals surface area contributed by atoms with Crippen LogP contribution in [0, 0.1) is 10.1 Å². The third-order valence-corrected chi connectivity index (χ3v) is 1.93. The van der Waals surface area contributed by atoms with Crippen LogP contribution in [0.1, 0.15) is 0 Å². The quantitative estimate of drug-likeness (QED) is 0.595. The monoisotopic (exact) mass is 203 g/mol. The van der Waals surface area contributed by atoms with Gasteiger partial charge in [0.1, 0.15) is 5.82 Å². The standard InChI is InChI=1S/C10H9N3O2/c14-13(15)9-6-10(11-7-9)12-8-4-2-1-3-5-8/h1-7,11-12H. The Morgan fingerprint density at radius 3 is 2.60 bits per heavy atom. The Labute approximate surface area is 85.9 Å². The minimum atomic E-state index is -0.438. The van der Waals surface area contributed by atoms with E-state index >= 15 is 0 Å². The molecular formula is C10H9N3O2. The van der Waals surface area contributed by atoms with Gasteiger partial charge >= 0.3 is 0 Å². The largest absolute Gasteiger partial charge is 0.342 e. The number of hydrogen-bond acceptors (Lipinski definition) is 3. The number of nitrogens with one attached hydrogen (secondary N) is 2. The number of nitro groups is 1. The highest BCUT2D eigenvalue weighted by molar-refractivity contribution is 5.58. The maximum atomic E-state index is 10.4. The maximum absolute atomic E-state index is 10.4. The van der Waals surface area contributed by atoms with E-state index in [1.807, 2.05) is 30.3 Å². The van der Waals surface area contributed by atoms with E-state index < -0.39 is 4.92 Å². The first kappa shape index (κ1) is 9.26. The van der Waals surface area contributed by atoms with Crippen molar-refractivity contribution in [1.82, 2.24) is 4.98 Å². The van der Waals surface area contributed by atoms with Crippen LogP contribution in [-0.2, 0) is 0 Å². The molecule has 0 radical (unpaired) electrons. The van der Waals surface area contributed by atoms with Gasteiger partial charge < -0.3 is 10.3 Å². The van der Waals surface area contributed by atoms with Crippen LogP contribution in [0.15, 0.2) is 42.6 Å². The third-order valence-electron chi connectivity index (χ3n) is 1.93. The number of para-hydroxylation sites is 1. The molecule has 15 heavy (non-hydrogen) atoms. The number of hydrogen-bond donors (Lipinski definition) is 2. The second kappa shape index (κ2) is 3.83. The van der Waals surface area contributed by atoms with Crippen LogP contribution < -0.4 is 5.32 Å². The van der Waals surface area contributed by atoms with Crippen LogP contribution in [0.4, 0.5) is 17.2 Å². The topological polar surface area (TPSA) is 71.0 Å². The molecular weight excluding hydrogens is 194 g/mol. The van der Waals surface area contributed by atoms with Crippen LogP contribution in [0.2, 0.25) is 0 Å². The Hall–Kier alpha value is -2.30. The second-order valence-corrected chi connectivity index (χ2v) is 3.02. The number of aromatic nitrogens is 1. The smallest absolute Gasteiger partial charge is 0.288 e. The van der Waals surface area contributed by atoms with Gasteiger partial charge in [-0.2, -0.15) is 0 Å². The molecule has 76 valence electrons. The highest BCUT2D eigenvalue weighted by atomic mass is 16.6. The van der Waals surface area contributed by atoms with Gasteiger partial charge in [0.15, 0.2) is 0 Å². The van der Waals surface area contributed by atoms with Crippen molar-refractivity contribution in [3.05, 3.63) is 52.7 Å². The highest BCUT2D eigenvalue weighted by Gasteiger charge is 2.07. The SMILES string of the molecule is O=[N+]([O-])c1c[nH]c(Nc2ccccc2)c1. The summed E-state index contributed by atoms with van der Waals surface area (Å²) in [4.78, 5) is 12.8. The molecule has 0 aliphatic carbocycles. The van der Waals surface area contributed by atoms with Crippen LogP contribution in [0.5, 0.6) is 0 Å². The molecule has 1 heterocycles. The molecule has 1 aromatic carbocycles. The van der Waals surface area contributed by atoms with Crippen molar-refractivity contribution in [1.29, 1.82) is 0 Å². The number of aromatic amines is 1. The molecule has 0 bridgehead atoms. The Kier molecular flexibility index (Phi) is 2.37. The Balaban J connectivity index is 2.15. The minimum absolute atomic E-state index is 0.0495. The van der Waals surface area contributed by atoms with E-state index in [0.717, 1.165) is 5.69 Å². The molecule has 0 amide bonds. The molecule has 2 rings (SSSR count). The average molecular weight is 203 g/mol. The van der Waals surface area contributed by atoms with Gasteiger partial charge in [-0.05, 0) is 12.1 Å². The second-order valence-electron chi connectivity index (χ2n) is 3.02. The van der Waals surface area contributed by atoms with Gasteiger partial charge in [0.2, 0.25) is 0 Å². The molecule has 0 fully saturated rings. The van der Waals surface area contributed by atoms with Gasteiger partial charge in [-0.3, -0.25) is 10.1 Å². The van der Waals surface area contributed by atoms with E-state index in [1.54, 1.807) is 0 Å². The van der Waals surface area contributed by atoms with Crippen LogP contribution in [-0.4, -0.2) is 9.91 Å². The van der Waals surface area contributed by atoms with Gasteiger partial charge in [0.25, 0.3) is 5.69 Å². The molecule has 0 spiro atoms. The maximum Gasteiger partial charge on any atom is 0.288 e. The summed E-state index contributed by atoms with van der Waals surface area (Å²) in [5.74, 6) is 0.605. The Morgan fingerprint density at radius 2 is 2.00 bits per heavy atom. The normalized spacial score (nSPS) is 9.87. The number of H-pyrrole nitrogens is 1. The lowest BCUT2D eigenvalue weighted by molar-refractivity contribution is -0.384. The van der Waals surface area contributed by atoms with E-state index in [0.29, 0.717) is 5.82 Å². The zero-order chi connectivity index (χ0) is 10.7. The molecule has 2 N–H and O–H groups in total. The fourth-order valence-electron chi connectivity index (χ4n) is 1.24. The van der Waals surface area contributed by atoms with Crippen molar-refractivity contribution in [2.45, 2.75) is 0 Å². The lowest BCUT2D eigenvalue weighted by Gasteiger charge is -2.01. The van der Waals surface area contributed by atoms with Crippen molar-refractivity contribution in [2.75, 3.05) is 5.32 Å². The molecule has 0 aliphatic heterocycles. The number of nitrogens with zero attached hydrogens (tertiary/aromatic N) is 1. The van der Waals surface area contributed by atoms with Crippen LogP contribution >= 0.6 is 0 Å².